The number of rotatable bonds is 14. The van der Waals surface area contributed by atoms with Crippen molar-refractivity contribution in [3.8, 4) is 12.3 Å². The van der Waals surface area contributed by atoms with Crippen LogP contribution in [-0.4, -0.2) is 29.6 Å². The summed E-state index contributed by atoms with van der Waals surface area (Å²) in [6.45, 7) is 18.1. The molecule has 4 nitrogen and oxygen atoms in total. The largest absolute Gasteiger partial charge is 0.355 e. The van der Waals surface area contributed by atoms with E-state index in [1.165, 1.54) is 18.2 Å². The summed E-state index contributed by atoms with van der Waals surface area (Å²) in [5.41, 5.74) is 1.59. The van der Waals surface area contributed by atoms with Crippen LogP contribution >= 0.6 is 0 Å². The van der Waals surface area contributed by atoms with E-state index in [1.54, 1.807) is 18.3 Å². The summed E-state index contributed by atoms with van der Waals surface area (Å²) >= 11 is 0. The number of nitrogens with one attached hydrogen (secondary N) is 1. The Hall–Kier alpha value is -3.20. The van der Waals surface area contributed by atoms with Crippen LogP contribution in [0.5, 0.6) is 0 Å². The summed E-state index contributed by atoms with van der Waals surface area (Å²) in [4.78, 5) is 17.6. The third-order valence-electron chi connectivity index (χ3n) is 5.76. The van der Waals surface area contributed by atoms with Gasteiger partial charge in [-0.05, 0) is 50.3 Å². The molecule has 0 saturated heterocycles. The average molecular weight is 528 g/mol. The maximum absolute atomic E-state index is 13.5. The number of nitrogens with zero attached hydrogens (tertiary/aromatic N) is 2. The summed E-state index contributed by atoms with van der Waals surface area (Å²) in [6, 6.07) is 6.25. The van der Waals surface area contributed by atoms with Gasteiger partial charge in [0.2, 0.25) is 0 Å². The Morgan fingerprint density at radius 2 is 1.87 bits per heavy atom. The van der Waals surface area contributed by atoms with Gasteiger partial charge >= 0.3 is 0 Å². The summed E-state index contributed by atoms with van der Waals surface area (Å²) in [5, 5.41) is 3.38. The molecule has 2 atom stereocenters. The van der Waals surface area contributed by atoms with Crippen LogP contribution in [0.4, 0.5) is 14.5 Å². The van der Waals surface area contributed by atoms with Gasteiger partial charge < -0.3 is 10.2 Å². The Morgan fingerprint density at radius 3 is 2.29 bits per heavy atom. The molecule has 38 heavy (non-hydrogen) atoms. The molecule has 0 aromatic heterocycles. The molecule has 0 saturated carbocycles. The zero-order chi connectivity index (χ0) is 29.1. The van der Waals surface area contributed by atoms with Crippen molar-refractivity contribution in [2.24, 2.45) is 16.8 Å². The Balaban J connectivity index is 0.00000147. The predicted octanol–water partition coefficient (Wildman–Crippen LogP) is 8.60. The minimum atomic E-state index is -2.86. The predicted molar refractivity (Wildman–Crippen MR) is 159 cm³/mol. The van der Waals surface area contributed by atoms with Crippen LogP contribution in [0.1, 0.15) is 79.7 Å². The number of alkyl halides is 2. The smallest absolute Gasteiger partial charge is 0.270 e. The van der Waals surface area contributed by atoms with Gasteiger partial charge in [0.15, 0.2) is 11.6 Å². The quantitative estimate of drug-likeness (QED) is 0.114. The molecular formula is C32H47F2N3O. The molecule has 210 valence electrons. The first-order valence-electron chi connectivity index (χ1n) is 13.5. The highest BCUT2D eigenvalue weighted by Gasteiger charge is 2.24. The van der Waals surface area contributed by atoms with Crippen molar-refractivity contribution in [1.29, 1.82) is 0 Å². The number of benzene rings is 1. The van der Waals surface area contributed by atoms with E-state index in [9.17, 15) is 13.6 Å². The lowest BCUT2D eigenvalue weighted by molar-refractivity contribution is -0.117. The monoisotopic (exact) mass is 527 g/mol. The van der Waals surface area contributed by atoms with E-state index in [4.69, 9.17) is 11.4 Å². The third-order valence-corrected chi connectivity index (χ3v) is 5.76. The second-order valence-electron chi connectivity index (χ2n) is 9.43. The number of halogens is 2. The molecule has 2 unspecified atom stereocenters. The number of terminal acetylenes is 1. The fourth-order valence-electron chi connectivity index (χ4n) is 3.47. The molecule has 1 aromatic carbocycles. The minimum absolute atomic E-state index is 0.00685. The van der Waals surface area contributed by atoms with E-state index in [2.05, 4.69) is 49.6 Å². The molecule has 0 aliphatic rings. The molecule has 0 amide bonds. The molecule has 0 aliphatic heterocycles. The SMILES string of the molecule is C#CCC(C)CN(CCC)C(=N/C=C\C)/C(=C/CC)Nc1ccc(C(C)(F)F)cc1.C=CC(=O)C(C)CC. The van der Waals surface area contributed by atoms with E-state index >= 15 is 0 Å². The lowest BCUT2D eigenvalue weighted by Crippen LogP contribution is -2.38. The molecule has 0 spiro atoms. The van der Waals surface area contributed by atoms with Gasteiger partial charge in [-0.2, -0.15) is 0 Å². The standard InChI is InChI=1S/C25H35F2N3.C7H12O/c1-7-11-20(5)19-30(18-10-4)24(28-17-9-3)23(12-8-2)29-22-15-13-21(14-16-22)25(6,26)27;1-4-6(3)7(8)5-2/h1,9,12-17,20,29H,8,10-11,18-19H2,2-6H3;5-6H,2,4H2,1,3H3/b17-9-,23-12-,28-24+;. The fourth-order valence-corrected chi connectivity index (χ4v) is 3.47. The summed E-state index contributed by atoms with van der Waals surface area (Å²) in [5.74, 6) is 1.34. The zero-order valence-corrected chi connectivity index (χ0v) is 24.4. The summed E-state index contributed by atoms with van der Waals surface area (Å²) in [7, 11) is 0. The highest BCUT2D eigenvalue weighted by atomic mass is 19.3. The van der Waals surface area contributed by atoms with Crippen LogP contribution in [-0.2, 0) is 10.7 Å². The number of anilines is 1. The zero-order valence-electron chi connectivity index (χ0n) is 24.4. The molecule has 0 fully saturated rings. The molecular weight excluding hydrogens is 480 g/mol. The van der Waals surface area contributed by atoms with E-state index < -0.39 is 5.92 Å². The van der Waals surface area contributed by atoms with Gasteiger partial charge in [0, 0.05) is 49.8 Å². The Kier molecular flexibility index (Phi) is 17.4. The first kappa shape index (κ1) is 34.8. The average Bonchev–Trinajstić information content (AvgIpc) is 2.88. The van der Waals surface area contributed by atoms with Crippen LogP contribution in [0, 0.1) is 24.2 Å². The van der Waals surface area contributed by atoms with E-state index in [-0.39, 0.29) is 17.3 Å². The molecule has 1 N–H and O–H groups in total. The lowest BCUT2D eigenvalue weighted by Gasteiger charge is -2.30. The van der Waals surface area contributed by atoms with Crippen molar-refractivity contribution in [2.75, 3.05) is 18.4 Å². The van der Waals surface area contributed by atoms with Crippen molar-refractivity contribution in [3.63, 3.8) is 0 Å². The maximum atomic E-state index is 13.5. The summed E-state index contributed by atoms with van der Waals surface area (Å²) < 4.78 is 27.1. The molecule has 0 aliphatic carbocycles. The maximum Gasteiger partial charge on any atom is 0.270 e. The van der Waals surface area contributed by atoms with Crippen LogP contribution in [0.3, 0.4) is 0 Å². The van der Waals surface area contributed by atoms with Crippen molar-refractivity contribution in [2.45, 2.75) is 80.1 Å². The number of hydrogen-bond acceptors (Lipinski definition) is 3. The summed E-state index contributed by atoms with van der Waals surface area (Å²) in [6.07, 6.45) is 16.0. The van der Waals surface area contributed by atoms with E-state index in [0.29, 0.717) is 12.3 Å². The van der Waals surface area contributed by atoms with Gasteiger partial charge in [-0.15, -0.1) is 12.3 Å². The van der Waals surface area contributed by atoms with Crippen LogP contribution in [0.2, 0.25) is 0 Å². The first-order chi connectivity index (χ1) is 18.0. The van der Waals surface area contributed by atoms with Gasteiger partial charge in [0.05, 0.1) is 5.70 Å². The number of ketones is 1. The van der Waals surface area contributed by atoms with E-state index in [1.807, 2.05) is 26.8 Å². The topological polar surface area (TPSA) is 44.7 Å². The Bertz CT molecular complexity index is 966. The molecule has 0 radical (unpaired) electrons. The van der Waals surface area contributed by atoms with Crippen LogP contribution in [0.15, 0.2) is 66.0 Å². The van der Waals surface area contributed by atoms with Gasteiger partial charge in [-0.1, -0.05) is 65.5 Å². The van der Waals surface area contributed by atoms with Gasteiger partial charge in [0.1, 0.15) is 0 Å². The minimum Gasteiger partial charge on any atom is -0.355 e. The molecule has 1 rings (SSSR count). The normalized spacial score (nSPS) is 13.7. The van der Waals surface area contributed by atoms with Crippen molar-refractivity contribution in [3.05, 3.63) is 66.5 Å². The molecule has 0 heterocycles. The van der Waals surface area contributed by atoms with Crippen molar-refractivity contribution < 1.29 is 13.6 Å². The third kappa shape index (κ3) is 13.4. The number of carbonyl (C=O) groups is 1. The second kappa shape index (κ2) is 19.0. The van der Waals surface area contributed by atoms with Gasteiger partial charge in [0.25, 0.3) is 5.92 Å². The number of hydrogen-bond donors (Lipinski definition) is 1. The number of allylic oxidation sites excluding steroid dienone is 3. The molecule has 0 bridgehead atoms. The van der Waals surface area contributed by atoms with Gasteiger partial charge in [-0.3, -0.25) is 4.79 Å². The van der Waals surface area contributed by atoms with Gasteiger partial charge in [-0.25, -0.2) is 13.8 Å². The Labute approximate surface area is 230 Å². The highest BCUT2D eigenvalue weighted by Crippen LogP contribution is 2.28. The van der Waals surface area contributed by atoms with Crippen LogP contribution < -0.4 is 5.32 Å². The molecule has 1 aromatic rings. The number of amidine groups is 1. The number of aliphatic imine (C=N–C) groups is 1. The first-order valence-corrected chi connectivity index (χ1v) is 13.5. The highest BCUT2D eigenvalue weighted by molar-refractivity contribution is 6.01. The van der Waals surface area contributed by atoms with Crippen molar-refractivity contribution in [1.82, 2.24) is 4.90 Å². The van der Waals surface area contributed by atoms with E-state index in [0.717, 1.165) is 56.5 Å². The lowest BCUT2D eigenvalue weighted by atomic mass is 10.0. The second-order valence-corrected chi connectivity index (χ2v) is 9.43. The van der Waals surface area contributed by atoms with Crippen molar-refractivity contribution >= 4 is 17.3 Å². The number of carbonyl (C=O) groups excluding carboxylic acids is 1. The fraction of sp³-hybridized carbons (Fsp3) is 0.500. The van der Waals surface area contributed by atoms with Crippen LogP contribution in [0.25, 0.3) is 0 Å². The molecule has 6 heteroatoms. The Morgan fingerprint density at radius 1 is 1.24 bits per heavy atom.